The molecule has 3 amide bonds. The van der Waals surface area contributed by atoms with Gasteiger partial charge in [-0.1, -0.05) is 78.9 Å². The van der Waals surface area contributed by atoms with E-state index in [1.807, 2.05) is 84.9 Å². The third kappa shape index (κ3) is 2.96. The number of ether oxygens (including phenoxy) is 1. The Kier molecular flexibility index (Phi) is 5.20. The molecule has 4 aliphatic heterocycles. The number of likely N-dealkylation sites (N-methyl/N-ethyl adjacent to an activating group) is 1. The number of benzene rings is 3. The van der Waals surface area contributed by atoms with E-state index in [0.717, 1.165) is 41.8 Å². The maximum absolute atomic E-state index is 14.9. The van der Waals surface area contributed by atoms with Crippen molar-refractivity contribution in [2.24, 2.45) is 5.92 Å². The number of hydrogen-bond acceptors (Lipinski definition) is 5. The predicted molar refractivity (Wildman–Crippen MR) is 141 cm³/mol. The Morgan fingerprint density at radius 3 is 2.29 bits per heavy atom. The van der Waals surface area contributed by atoms with Gasteiger partial charge in [0.2, 0.25) is 5.91 Å². The monoisotopic (exact) mass is 507 g/mol. The molecule has 7 rings (SSSR count). The number of amides is 3. The number of imide groups is 1. The molecular formula is C31H29N3O4. The van der Waals surface area contributed by atoms with E-state index in [2.05, 4.69) is 4.90 Å². The molecule has 0 bridgehead atoms. The maximum Gasteiger partial charge on any atom is 0.417 e. The van der Waals surface area contributed by atoms with Gasteiger partial charge in [0, 0.05) is 30.3 Å². The fourth-order valence-electron chi connectivity index (χ4n) is 7.57. The van der Waals surface area contributed by atoms with E-state index in [1.165, 1.54) is 4.90 Å². The largest absolute Gasteiger partial charge is 0.446 e. The summed E-state index contributed by atoms with van der Waals surface area (Å²) in [6, 6.07) is 26.8. The predicted octanol–water partition coefficient (Wildman–Crippen LogP) is 4.46. The highest BCUT2D eigenvalue weighted by atomic mass is 16.6. The minimum Gasteiger partial charge on any atom is -0.446 e. The zero-order valence-electron chi connectivity index (χ0n) is 21.2. The van der Waals surface area contributed by atoms with Crippen LogP contribution in [-0.4, -0.2) is 53.9 Å². The summed E-state index contributed by atoms with van der Waals surface area (Å²) in [5.74, 6) is -1.49. The van der Waals surface area contributed by atoms with Crippen molar-refractivity contribution >= 4 is 23.6 Å². The lowest BCUT2D eigenvalue weighted by Gasteiger charge is -2.38. The highest BCUT2D eigenvalue weighted by molar-refractivity contribution is 6.12. The summed E-state index contributed by atoms with van der Waals surface area (Å²) in [6.07, 6.45) is 1.19. The van der Waals surface area contributed by atoms with Gasteiger partial charge in [0.05, 0.1) is 5.92 Å². The Balaban J connectivity index is 1.45. The molecule has 0 N–H and O–H groups in total. The van der Waals surface area contributed by atoms with Crippen molar-refractivity contribution in [2.75, 3.05) is 25.1 Å². The second-order valence-electron chi connectivity index (χ2n) is 10.7. The van der Waals surface area contributed by atoms with Crippen LogP contribution in [0, 0.1) is 5.92 Å². The first-order chi connectivity index (χ1) is 18.5. The van der Waals surface area contributed by atoms with Gasteiger partial charge in [-0.2, -0.15) is 0 Å². The van der Waals surface area contributed by atoms with Gasteiger partial charge in [0.15, 0.2) is 0 Å². The molecule has 0 radical (unpaired) electrons. The van der Waals surface area contributed by atoms with Crippen LogP contribution in [-0.2, 0) is 19.9 Å². The van der Waals surface area contributed by atoms with E-state index in [-0.39, 0.29) is 30.4 Å². The highest BCUT2D eigenvalue weighted by Gasteiger charge is 2.71. The Labute approximate surface area is 221 Å². The molecule has 1 spiro atoms. The summed E-state index contributed by atoms with van der Waals surface area (Å²) in [5, 5.41) is 0. The molecular weight excluding hydrogens is 478 g/mol. The molecule has 3 saturated heterocycles. The number of cyclic esters (lactones) is 1. The minimum atomic E-state index is -1.19. The van der Waals surface area contributed by atoms with Crippen LogP contribution in [0.15, 0.2) is 84.9 Å². The van der Waals surface area contributed by atoms with Crippen molar-refractivity contribution < 1.29 is 19.1 Å². The molecule has 0 saturated carbocycles. The summed E-state index contributed by atoms with van der Waals surface area (Å²) in [4.78, 5) is 47.8. The van der Waals surface area contributed by atoms with Crippen LogP contribution in [0.1, 0.15) is 41.5 Å². The Bertz CT molecular complexity index is 1430. The first-order valence-corrected chi connectivity index (χ1v) is 13.3. The third-order valence-electron chi connectivity index (χ3n) is 9.03. The van der Waals surface area contributed by atoms with Gasteiger partial charge in [-0.25, -0.2) is 9.69 Å². The molecule has 192 valence electrons. The fraction of sp³-hybridized carbons (Fsp3) is 0.323. The van der Waals surface area contributed by atoms with Gasteiger partial charge in [-0.15, -0.1) is 0 Å². The molecule has 3 aromatic rings. The number of nitrogens with zero attached hydrogens (tertiary/aromatic N) is 3. The zero-order valence-corrected chi connectivity index (χ0v) is 21.2. The van der Waals surface area contributed by atoms with Crippen LogP contribution in [0.3, 0.4) is 0 Å². The number of hydrogen-bond donors (Lipinski definition) is 0. The van der Waals surface area contributed by atoms with Crippen LogP contribution >= 0.6 is 0 Å². The standard InChI is InChI=1S/C31H29N3O4/c1-32-23-16-9-8-15-22(23)31(29(32)36)27(26(21-13-6-3-7-14-21)24-17-10-18-33(24)31)28(35)34-25(19-38-30(34)37)20-11-4-2-5-12-20/h2-9,11-16,24-27H,10,17-19H2,1H3/t24-,25-,26-,27-,31+/m1/s1. The maximum atomic E-state index is 14.9. The summed E-state index contributed by atoms with van der Waals surface area (Å²) in [6.45, 7) is 0.820. The summed E-state index contributed by atoms with van der Waals surface area (Å²) in [5.41, 5.74) is 2.33. The van der Waals surface area contributed by atoms with Crippen LogP contribution in [0.5, 0.6) is 0 Å². The lowest BCUT2D eigenvalue weighted by Crippen LogP contribution is -2.56. The van der Waals surface area contributed by atoms with Gasteiger partial charge < -0.3 is 9.64 Å². The number of fused-ring (bicyclic) bond motifs is 4. The summed E-state index contributed by atoms with van der Waals surface area (Å²) < 4.78 is 5.47. The number of rotatable bonds is 3. The molecule has 5 atom stereocenters. The quantitative estimate of drug-likeness (QED) is 0.524. The second kappa shape index (κ2) is 8.53. The minimum absolute atomic E-state index is 0.00338. The number of carbonyl (C=O) groups excluding carboxylic acids is 3. The molecule has 7 heteroatoms. The van der Waals surface area contributed by atoms with Crippen molar-refractivity contribution in [3.63, 3.8) is 0 Å². The van der Waals surface area contributed by atoms with Crippen LogP contribution in [0.25, 0.3) is 0 Å². The highest BCUT2D eigenvalue weighted by Crippen LogP contribution is 2.62. The SMILES string of the molecule is CN1C(=O)[C@]2(c3ccccc31)[C@@H](C(=O)N1C(=O)OC[C@@H]1c1ccccc1)[C@H](c1ccccc1)[C@H]1CCCN12. The molecule has 4 heterocycles. The first-order valence-electron chi connectivity index (χ1n) is 13.3. The smallest absolute Gasteiger partial charge is 0.417 e. The summed E-state index contributed by atoms with van der Waals surface area (Å²) in [7, 11) is 1.79. The van der Waals surface area contributed by atoms with Crippen molar-refractivity contribution in [3.05, 3.63) is 102 Å². The van der Waals surface area contributed by atoms with Gasteiger partial charge in [0.25, 0.3) is 5.91 Å². The first kappa shape index (κ1) is 23.2. The summed E-state index contributed by atoms with van der Waals surface area (Å²) >= 11 is 0. The Hall–Kier alpha value is -3.97. The lowest BCUT2D eigenvalue weighted by atomic mass is 9.71. The van der Waals surface area contributed by atoms with Gasteiger partial charge in [-0.3, -0.25) is 14.5 Å². The number of anilines is 1. The van der Waals surface area contributed by atoms with Crippen molar-refractivity contribution in [1.82, 2.24) is 9.80 Å². The van der Waals surface area contributed by atoms with E-state index >= 15 is 0 Å². The molecule has 0 aliphatic carbocycles. The van der Waals surface area contributed by atoms with Crippen molar-refractivity contribution in [2.45, 2.75) is 36.4 Å². The molecule has 4 aliphatic rings. The number of carbonyl (C=O) groups is 3. The van der Waals surface area contributed by atoms with Crippen LogP contribution in [0.2, 0.25) is 0 Å². The molecule has 3 fully saturated rings. The third-order valence-corrected chi connectivity index (χ3v) is 9.03. The van der Waals surface area contributed by atoms with Crippen molar-refractivity contribution in [3.8, 4) is 0 Å². The van der Waals surface area contributed by atoms with Crippen LogP contribution in [0.4, 0.5) is 10.5 Å². The fourth-order valence-corrected chi connectivity index (χ4v) is 7.57. The molecule has 3 aromatic carbocycles. The molecule has 0 aromatic heterocycles. The van der Waals surface area contributed by atoms with E-state index < -0.39 is 23.6 Å². The van der Waals surface area contributed by atoms with Gasteiger partial charge in [0.1, 0.15) is 18.2 Å². The van der Waals surface area contributed by atoms with E-state index in [1.54, 1.807) is 11.9 Å². The van der Waals surface area contributed by atoms with Gasteiger partial charge >= 0.3 is 6.09 Å². The van der Waals surface area contributed by atoms with E-state index in [4.69, 9.17) is 4.74 Å². The van der Waals surface area contributed by atoms with Gasteiger partial charge in [-0.05, 0) is 36.6 Å². The number of para-hydroxylation sites is 1. The molecule has 38 heavy (non-hydrogen) atoms. The van der Waals surface area contributed by atoms with E-state index in [0.29, 0.717) is 0 Å². The van der Waals surface area contributed by atoms with E-state index in [9.17, 15) is 14.4 Å². The zero-order chi connectivity index (χ0) is 26.0. The topological polar surface area (TPSA) is 70.2 Å². The van der Waals surface area contributed by atoms with Crippen LogP contribution < -0.4 is 4.90 Å². The lowest BCUT2D eigenvalue weighted by molar-refractivity contribution is -0.144. The van der Waals surface area contributed by atoms with Crippen molar-refractivity contribution in [1.29, 1.82) is 0 Å². The average Bonchev–Trinajstić information content (AvgIpc) is 3.70. The average molecular weight is 508 g/mol. The Morgan fingerprint density at radius 1 is 0.895 bits per heavy atom. The Morgan fingerprint density at radius 2 is 1.55 bits per heavy atom. The molecule has 7 nitrogen and oxygen atoms in total. The second-order valence-corrected chi connectivity index (χ2v) is 10.7. The molecule has 0 unspecified atom stereocenters. The normalized spacial score (nSPS) is 30.1.